The number of imidazole rings is 1. The summed E-state index contributed by atoms with van der Waals surface area (Å²) in [6.07, 6.45) is 0.981. The minimum atomic E-state index is 0.395. The third kappa shape index (κ3) is 2.92. The van der Waals surface area contributed by atoms with E-state index < -0.39 is 0 Å². The first-order valence-corrected chi connectivity index (χ1v) is 8.49. The molecule has 2 aromatic heterocycles. The van der Waals surface area contributed by atoms with Gasteiger partial charge in [0, 0.05) is 0 Å². The Morgan fingerprint density at radius 1 is 1.33 bits per heavy atom. The highest BCUT2D eigenvalue weighted by atomic mass is 35.5. The summed E-state index contributed by atoms with van der Waals surface area (Å²) >= 11 is 7.78. The van der Waals surface area contributed by atoms with Gasteiger partial charge in [-0.15, -0.1) is 11.6 Å². The van der Waals surface area contributed by atoms with Gasteiger partial charge in [-0.2, -0.15) is 11.3 Å². The number of aromatic nitrogens is 2. The van der Waals surface area contributed by atoms with E-state index in [-0.39, 0.29) is 0 Å². The second kappa shape index (κ2) is 6.50. The smallest absolute Gasteiger partial charge is 0.147 e. The molecule has 3 rings (SSSR count). The molecule has 0 aliphatic heterocycles. The number of fused-ring (bicyclic) bond motifs is 1. The van der Waals surface area contributed by atoms with Gasteiger partial charge in [0.05, 0.1) is 24.5 Å². The quantitative estimate of drug-likeness (QED) is 0.617. The summed E-state index contributed by atoms with van der Waals surface area (Å²) in [4.78, 5) is 4.67. The molecule has 0 bridgehead atoms. The molecule has 5 heteroatoms. The van der Waals surface area contributed by atoms with E-state index >= 15 is 0 Å². The SMILES string of the molecule is CCCOc1cccc2c1nc(CCl)n2Cc1ccsc1. The number of hydrogen-bond donors (Lipinski definition) is 0. The van der Waals surface area contributed by atoms with Crippen molar-refractivity contribution in [2.75, 3.05) is 6.61 Å². The van der Waals surface area contributed by atoms with E-state index in [9.17, 15) is 0 Å². The average Bonchev–Trinajstić information content (AvgIpc) is 3.14. The first kappa shape index (κ1) is 14.4. The zero-order valence-electron chi connectivity index (χ0n) is 11.9. The summed E-state index contributed by atoms with van der Waals surface area (Å²) in [6.45, 7) is 3.59. The van der Waals surface area contributed by atoms with E-state index in [1.54, 1.807) is 11.3 Å². The molecule has 0 spiro atoms. The van der Waals surface area contributed by atoms with Gasteiger partial charge in [0.25, 0.3) is 0 Å². The highest BCUT2D eigenvalue weighted by Gasteiger charge is 2.14. The van der Waals surface area contributed by atoms with Crippen LogP contribution in [-0.4, -0.2) is 16.2 Å². The molecule has 0 saturated heterocycles. The van der Waals surface area contributed by atoms with Crippen LogP contribution in [0, 0.1) is 0 Å². The minimum absolute atomic E-state index is 0.395. The molecule has 0 atom stereocenters. The molecule has 3 nitrogen and oxygen atoms in total. The van der Waals surface area contributed by atoms with Gasteiger partial charge < -0.3 is 9.30 Å². The Morgan fingerprint density at radius 3 is 2.95 bits per heavy atom. The molecule has 3 aromatic rings. The second-order valence-corrected chi connectivity index (χ2v) is 5.90. The lowest BCUT2D eigenvalue weighted by atomic mass is 10.2. The molecule has 0 aliphatic carbocycles. The number of hydrogen-bond acceptors (Lipinski definition) is 3. The summed E-state index contributed by atoms with van der Waals surface area (Å²) in [5.41, 5.74) is 3.24. The van der Waals surface area contributed by atoms with Gasteiger partial charge in [-0.1, -0.05) is 13.0 Å². The molecule has 0 saturated carbocycles. The van der Waals surface area contributed by atoms with Crippen molar-refractivity contribution in [3.05, 3.63) is 46.4 Å². The molecule has 0 amide bonds. The van der Waals surface area contributed by atoms with Crippen LogP contribution in [0.4, 0.5) is 0 Å². The molecule has 0 fully saturated rings. The largest absolute Gasteiger partial charge is 0.491 e. The summed E-state index contributed by atoms with van der Waals surface area (Å²) in [5.74, 6) is 2.11. The van der Waals surface area contributed by atoms with Crippen LogP contribution >= 0.6 is 22.9 Å². The zero-order valence-corrected chi connectivity index (χ0v) is 13.5. The fourth-order valence-electron chi connectivity index (χ4n) is 2.34. The maximum absolute atomic E-state index is 6.08. The van der Waals surface area contributed by atoms with Crippen molar-refractivity contribution >= 4 is 34.0 Å². The van der Waals surface area contributed by atoms with Crippen molar-refractivity contribution < 1.29 is 4.74 Å². The first-order valence-electron chi connectivity index (χ1n) is 7.01. The first-order chi connectivity index (χ1) is 10.3. The second-order valence-electron chi connectivity index (χ2n) is 4.85. The topological polar surface area (TPSA) is 27.1 Å². The van der Waals surface area contributed by atoms with Crippen molar-refractivity contribution in [2.45, 2.75) is 25.8 Å². The Bertz CT molecular complexity index is 721. The number of rotatable bonds is 6. The van der Waals surface area contributed by atoms with E-state index in [0.717, 1.165) is 35.6 Å². The van der Waals surface area contributed by atoms with Crippen LogP contribution in [0.5, 0.6) is 5.75 Å². The number of ether oxygens (including phenoxy) is 1. The number of nitrogens with zero attached hydrogens (tertiary/aromatic N) is 2. The maximum Gasteiger partial charge on any atom is 0.147 e. The van der Waals surface area contributed by atoms with Gasteiger partial charge >= 0.3 is 0 Å². The van der Waals surface area contributed by atoms with E-state index in [0.29, 0.717) is 12.5 Å². The predicted molar refractivity (Wildman–Crippen MR) is 88.5 cm³/mol. The van der Waals surface area contributed by atoms with Crippen LogP contribution < -0.4 is 4.74 Å². The summed E-state index contributed by atoms with van der Waals surface area (Å²) < 4.78 is 7.97. The fraction of sp³-hybridized carbons (Fsp3) is 0.312. The maximum atomic E-state index is 6.08. The molecule has 1 aromatic carbocycles. The lowest BCUT2D eigenvalue weighted by molar-refractivity contribution is 0.320. The number of alkyl halides is 1. The Labute approximate surface area is 133 Å². The van der Waals surface area contributed by atoms with E-state index in [1.165, 1.54) is 5.56 Å². The van der Waals surface area contributed by atoms with Crippen LogP contribution in [0.3, 0.4) is 0 Å². The third-order valence-corrected chi connectivity index (χ3v) is 4.29. The Morgan fingerprint density at radius 2 is 2.24 bits per heavy atom. The van der Waals surface area contributed by atoms with Gasteiger partial charge in [-0.05, 0) is 40.9 Å². The number of benzene rings is 1. The number of para-hydroxylation sites is 1. The molecule has 21 heavy (non-hydrogen) atoms. The van der Waals surface area contributed by atoms with Crippen LogP contribution in [0.15, 0.2) is 35.0 Å². The molecule has 0 unspecified atom stereocenters. The standard InChI is InChI=1S/C16H17ClN2OS/c1-2-7-20-14-5-3-4-13-16(14)18-15(9-17)19(13)10-12-6-8-21-11-12/h3-6,8,11H,2,7,9-10H2,1H3. The molecular formula is C16H17ClN2OS. The Kier molecular flexibility index (Phi) is 4.46. The van der Waals surface area contributed by atoms with Crippen molar-refractivity contribution in [2.24, 2.45) is 0 Å². The van der Waals surface area contributed by atoms with E-state index in [1.807, 2.05) is 12.1 Å². The normalized spacial score (nSPS) is 11.1. The fourth-order valence-corrected chi connectivity index (χ4v) is 3.21. The number of thiophene rings is 1. The summed E-state index contributed by atoms with van der Waals surface area (Å²) in [6, 6.07) is 8.19. The highest BCUT2D eigenvalue weighted by Crippen LogP contribution is 2.27. The monoisotopic (exact) mass is 320 g/mol. The predicted octanol–water partition coefficient (Wildman–Crippen LogP) is 4.67. The third-order valence-electron chi connectivity index (χ3n) is 3.32. The van der Waals surface area contributed by atoms with Crippen LogP contribution in [0.2, 0.25) is 0 Å². The number of halogens is 1. The molecular weight excluding hydrogens is 304 g/mol. The van der Waals surface area contributed by atoms with Crippen molar-refractivity contribution in [3.63, 3.8) is 0 Å². The van der Waals surface area contributed by atoms with Crippen LogP contribution in [0.25, 0.3) is 11.0 Å². The van der Waals surface area contributed by atoms with Gasteiger partial charge in [-0.3, -0.25) is 0 Å². The van der Waals surface area contributed by atoms with Gasteiger partial charge in [0.2, 0.25) is 0 Å². The van der Waals surface area contributed by atoms with E-state index in [4.69, 9.17) is 16.3 Å². The Hall–Kier alpha value is -1.52. The average molecular weight is 321 g/mol. The molecule has 110 valence electrons. The van der Waals surface area contributed by atoms with Gasteiger partial charge in [0.15, 0.2) is 0 Å². The lowest BCUT2D eigenvalue weighted by Gasteiger charge is -2.07. The molecule has 0 N–H and O–H groups in total. The van der Waals surface area contributed by atoms with Crippen molar-refractivity contribution in [3.8, 4) is 5.75 Å². The minimum Gasteiger partial charge on any atom is -0.491 e. The highest BCUT2D eigenvalue weighted by molar-refractivity contribution is 7.07. The summed E-state index contributed by atoms with van der Waals surface area (Å²) in [5, 5.41) is 4.24. The molecule has 0 aliphatic rings. The Balaban J connectivity index is 2.05. The van der Waals surface area contributed by atoms with Crippen LogP contribution in [0.1, 0.15) is 24.7 Å². The molecule has 2 heterocycles. The molecule has 0 radical (unpaired) electrons. The summed E-state index contributed by atoms with van der Waals surface area (Å²) in [7, 11) is 0. The van der Waals surface area contributed by atoms with Crippen molar-refractivity contribution in [1.82, 2.24) is 9.55 Å². The van der Waals surface area contributed by atoms with E-state index in [2.05, 4.69) is 39.4 Å². The lowest BCUT2D eigenvalue weighted by Crippen LogP contribution is -2.02. The van der Waals surface area contributed by atoms with Gasteiger partial charge in [-0.25, -0.2) is 4.98 Å². The zero-order chi connectivity index (χ0) is 14.7. The van der Waals surface area contributed by atoms with Crippen molar-refractivity contribution in [1.29, 1.82) is 0 Å². The van der Waals surface area contributed by atoms with Crippen LogP contribution in [-0.2, 0) is 12.4 Å². The van der Waals surface area contributed by atoms with Gasteiger partial charge in [0.1, 0.15) is 17.1 Å².